The Bertz CT molecular complexity index is 488. The first-order valence-corrected chi connectivity index (χ1v) is 9.49. The van der Waals surface area contributed by atoms with Crippen molar-refractivity contribution in [2.75, 3.05) is 39.5 Å². The molecule has 0 spiro atoms. The average Bonchev–Trinajstić information content (AvgIpc) is 3.10. The van der Waals surface area contributed by atoms with Gasteiger partial charge in [0.05, 0.1) is 19.8 Å². The molecule has 6 heteroatoms. The average molecular weight is 398 g/mol. The van der Waals surface area contributed by atoms with Gasteiger partial charge in [-0.25, -0.2) is 4.99 Å². The van der Waals surface area contributed by atoms with E-state index >= 15 is 0 Å². The summed E-state index contributed by atoms with van der Waals surface area (Å²) in [5.74, 6) is 1.44. The molecule has 1 saturated heterocycles. The molecule has 0 radical (unpaired) electrons. The second-order valence-electron chi connectivity index (χ2n) is 5.91. The van der Waals surface area contributed by atoms with Gasteiger partial charge >= 0.3 is 0 Å². The van der Waals surface area contributed by atoms with Gasteiger partial charge in [0.1, 0.15) is 0 Å². The van der Waals surface area contributed by atoms with E-state index in [2.05, 4.69) is 50.6 Å². The summed E-state index contributed by atoms with van der Waals surface area (Å²) in [4.78, 5) is 4.62. The summed E-state index contributed by atoms with van der Waals surface area (Å²) in [5.41, 5.74) is 1.19. The normalized spacial score (nSPS) is 17.9. The zero-order valence-electron chi connectivity index (χ0n) is 14.4. The lowest BCUT2D eigenvalue weighted by Crippen LogP contribution is -2.38. The van der Waals surface area contributed by atoms with Crippen molar-refractivity contribution in [3.63, 3.8) is 0 Å². The van der Waals surface area contributed by atoms with E-state index in [0.717, 1.165) is 62.8 Å². The summed E-state index contributed by atoms with van der Waals surface area (Å²) >= 11 is 3.45. The monoisotopic (exact) mass is 397 g/mol. The predicted octanol–water partition coefficient (Wildman–Crippen LogP) is 2.95. The Hall–Kier alpha value is -1.11. The number of halogens is 1. The Kier molecular flexibility index (Phi) is 9.16. The Morgan fingerprint density at radius 2 is 2.17 bits per heavy atom. The molecule has 0 bridgehead atoms. The van der Waals surface area contributed by atoms with Gasteiger partial charge in [-0.1, -0.05) is 28.1 Å². The van der Waals surface area contributed by atoms with Crippen molar-refractivity contribution in [1.82, 2.24) is 10.6 Å². The number of ether oxygens (including phenoxy) is 2. The van der Waals surface area contributed by atoms with Crippen LogP contribution in [0.15, 0.2) is 33.7 Å². The SMILES string of the molecule is CCNC(=NCc1ccc(Br)cc1)NCCCOCC1CCOC1. The Balaban J connectivity index is 1.62. The third-order valence-corrected chi connectivity index (χ3v) is 4.34. The molecule has 1 fully saturated rings. The number of guanidine groups is 1. The van der Waals surface area contributed by atoms with Crippen LogP contribution in [0, 0.1) is 5.92 Å². The van der Waals surface area contributed by atoms with Gasteiger partial charge in [0.2, 0.25) is 0 Å². The van der Waals surface area contributed by atoms with Crippen LogP contribution in [0.1, 0.15) is 25.3 Å². The molecule has 0 amide bonds. The molecule has 1 heterocycles. The van der Waals surface area contributed by atoms with Crippen LogP contribution < -0.4 is 10.6 Å². The molecule has 5 nitrogen and oxygen atoms in total. The van der Waals surface area contributed by atoms with E-state index in [1.54, 1.807) is 0 Å². The van der Waals surface area contributed by atoms with Gasteiger partial charge in [0, 0.05) is 36.7 Å². The third-order valence-electron chi connectivity index (χ3n) is 3.81. The van der Waals surface area contributed by atoms with Gasteiger partial charge in [-0.05, 0) is 37.5 Å². The van der Waals surface area contributed by atoms with Crippen molar-refractivity contribution in [2.24, 2.45) is 10.9 Å². The zero-order chi connectivity index (χ0) is 17.0. The van der Waals surface area contributed by atoms with Gasteiger partial charge < -0.3 is 20.1 Å². The maximum absolute atomic E-state index is 5.72. The Morgan fingerprint density at radius 1 is 1.33 bits per heavy atom. The van der Waals surface area contributed by atoms with Crippen molar-refractivity contribution in [1.29, 1.82) is 0 Å². The summed E-state index contributed by atoms with van der Waals surface area (Å²) in [6.45, 7) is 7.78. The summed E-state index contributed by atoms with van der Waals surface area (Å²) in [7, 11) is 0. The molecule has 0 saturated carbocycles. The summed E-state index contributed by atoms with van der Waals surface area (Å²) < 4.78 is 12.1. The van der Waals surface area contributed by atoms with Crippen molar-refractivity contribution in [3.05, 3.63) is 34.3 Å². The molecule has 1 aromatic rings. The fourth-order valence-corrected chi connectivity index (χ4v) is 2.71. The van der Waals surface area contributed by atoms with Gasteiger partial charge in [-0.3, -0.25) is 0 Å². The van der Waals surface area contributed by atoms with Crippen LogP contribution in [-0.2, 0) is 16.0 Å². The topological polar surface area (TPSA) is 54.9 Å². The van der Waals surface area contributed by atoms with E-state index in [4.69, 9.17) is 9.47 Å². The molecule has 1 atom stereocenters. The predicted molar refractivity (Wildman–Crippen MR) is 101 cm³/mol. The molecule has 0 aromatic heterocycles. The van der Waals surface area contributed by atoms with Gasteiger partial charge in [-0.2, -0.15) is 0 Å². The molecule has 1 unspecified atom stereocenters. The molecule has 1 aromatic carbocycles. The second-order valence-corrected chi connectivity index (χ2v) is 6.82. The van der Waals surface area contributed by atoms with Crippen molar-refractivity contribution >= 4 is 21.9 Å². The van der Waals surface area contributed by atoms with Crippen LogP contribution in [-0.4, -0.2) is 45.5 Å². The first-order valence-electron chi connectivity index (χ1n) is 8.70. The smallest absolute Gasteiger partial charge is 0.191 e. The van der Waals surface area contributed by atoms with E-state index in [9.17, 15) is 0 Å². The fourth-order valence-electron chi connectivity index (χ4n) is 2.45. The molecular weight excluding hydrogens is 370 g/mol. The van der Waals surface area contributed by atoms with E-state index in [-0.39, 0.29) is 0 Å². The molecule has 0 aliphatic carbocycles. The molecule has 134 valence electrons. The summed E-state index contributed by atoms with van der Waals surface area (Å²) in [6.07, 6.45) is 2.10. The minimum Gasteiger partial charge on any atom is -0.381 e. The van der Waals surface area contributed by atoms with Gasteiger partial charge in [0.25, 0.3) is 0 Å². The van der Waals surface area contributed by atoms with Crippen molar-refractivity contribution < 1.29 is 9.47 Å². The van der Waals surface area contributed by atoms with Gasteiger partial charge in [-0.15, -0.1) is 0 Å². The Morgan fingerprint density at radius 3 is 2.88 bits per heavy atom. The largest absolute Gasteiger partial charge is 0.381 e. The van der Waals surface area contributed by atoms with Crippen LogP contribution in [0.5, 0.6) is 0 Å². The number of aliphatic imine (C=N–C) groups is 1. The molecular formula is C18H28BrN3O2. The molecule has 1 aliphatic heterocycles. The van der Waals surface area contributed by atoms with E-state index in [1.807, 2.05) is 12.1 Å². The summed E-state index contributed by atoms with van der Waals surface area (Å²) in [5, 5.41) is 6.63. The highest BCUT2D eigenvalue weighted by Crippen LogP contribution is 2.12. The number of nitrogens with one attached hydrogen (secondary N) is 2. The molecule has 2 rings (SSSR count). The van der Waals surface area contributed by atoms with Crippen LogP contribution in [0.25, 0.3) is 0 Å². The highest BCUT2D eigenvalue weighted by Gasteiger charge is 2.15. The number of hydrogen-bond donors (Lipinski definition) is 2. The van der Waals surface area contributed by atoms with E-state index in [0.29, 0.717) is 12.5 Å². The van der Waals surface area contributed by atoms with Crippen molar-refractivity contribution in [2.45, 2.75) is 26.3 Å². The molecule has 24 heavy (non-hydrogen) atoms. The lowest BCUT2D eigenvalue weighted by atomic mass is 10.1. The maximum Gasteiger partial charge on any atom is 0.191 e. The van der Waals surface area contributed by atoms with Crippen molar-refractivity contribution in [3.8, 4) is 0 Å². The minimum atomic E-state index is 0.586. The standard InChI is InChI=1S/C18H28BrN3O2/c1-2-20-18(22-12-15-4-6-17(19)7-5-15)21-9-3-10-23-13-16-8-11-24-14-16/h4-7,16H,2-3,8-14H2,1H3,(H2,20,21,22). The molecule has 1 aliphatic rings. The summed E-state index contributed by atoms with van der Waals surface area (Å²) in [6, 6.07) is 8.24. The maximum atomic E-state index is 5.72. The van der Waals surface area contributed by atoms with Crippen LogP contribution in [0.4, 0.5) is 0 Å². The Labute approximate surface area is 153 Å². The first kappa shape index (κ1) is 19.2. The highest BCUT2D eigenvalue weighted by atomic mass is 79.9. The zero-order valence-corrected chi connectivity index (χ0v) is 16.0. The lowest BCUT2D eigenvalue weighted by Gasteiger charge is -2.12. The highest BCUT2D eigenvalue weighted by molar-refractivity contribution is 9.10. The van der Waals surface area contributed by atoms with E-state index < -0.39 is 0 Å². The van der Waals surface area contributed by atoms with Crippen LogP contribution in [0.2, 0.25) is 0 Å². The number of hydrogen-bond acceptors (Lipinski definition) is 3. The van der Waals surface area contributed by atoms with Gasteiger partial charge in [0.15, 0.2) is 5.96 Å². The quantitative estimate of drug-likeness (QED) is 0.382. The fraction of sp³-hybridized carbons (Fsp3) is 0.611. The first-order chi connectivity index (χ1) is 11.8. The minimum absolute atomic E-state index is 0.586. The number of benzene rings is 1. The van der Waals surface area contributed by atoms with Crippen LogP contribution in [0.3, 0.4) is 0 Å². The number of rotatable bonds is 9. The van der Waals surface area contributed by atoms with E-state index in [1.165, 1.54) is 5.56 Å². The second kappa shape index (κ2) is 11.4. The van der Waals surface area contributed by atoms with Crippen LogP contribution >= 0.6 is 15.9 Å². The number of nitrogens with zero attached hydrogens (tertiary/aromatic N) is 1. The lowest BCUT2D eigenvalue weighted by molar-refractivity contribution is 0.0888. The molecule has 2 N–H and O–H groups in total. The third kappa shape index (κ3) is 7.64.